The van der Waals surface area contributed by atoms with Gasteiger partial charge in [-0.15, -0.1) is 11.3 Å². The third-order valence-electron chi connectivity index (χ3n) is 6.16. The molecule has 1 aromatic carbocycles. The van der Waals surface area contributed by atoms with E-state index in [0.717, 1.165) is 48.0 Å². The van der Waals surface area contributed by atoms with Gasteiger partial charge in [0.15, 0.2) is 0 Å². The second kappa shape index (κ2) is 10.2. The van der Waals surface area contributed by atoms with E-state index < -0.39 is 0 Å². The summed E-state index contributed by atoms with van der Waals surface area (Å²) in [5.74, 6) is 0.706. The number of benzene rings is 1. The topological polar surface area (TPSA) is 90.2 Å². The number of likely N-dealkylation sites (tertiary alicyclic amines) is 1. The van der Waals surface area contributed by atoms with E-state index in [2.05, 4.69) is 20.6 Å². The molecule has 1 fully saturated rings. The molecular weight excluding hydrogens is 450 g/mol. The monoisotopic (exact) mass is 477 g/mol. The zero-order chi connectivity index (χ0) is 23.3. The summed E-state index contributed by atoms with van der Waals surface area (Å²) in [5.41, 5.74) is 1.68. The summed E-state index contributed by atoms with van der Waals surface area (Å²) < 4.78 is 5.62. The lowest BCUT2D eigenvalue weighted by Crippen LogP contribution is -2.48. The highest BCUT2D eigenvalue weighted by Crippen LogP contribution is 2.34. The third kappa shape index (κ3) is 5.21. The number of piperidine rings is 1. The molecule has 4 heterocycles. The van der Waals surface area contributed by atoms with Crippen LogP contribution in [0.15, 0.2) is 75.8 Å². The number of amides is 3. The number of hydrazone groups is 1. The number of nitrogens with zero attached hydrogens (tertiary/aromatic N) is 3. The molecule has 34 heavy (non-hydrogen) atoms. The second-order valence-electron chi connectivity index (χ2n) is 8.51. The molecule has 176 valence electrons. The second-order valence-corrected chi connectivity index (χ2v) is 9.46. The smallest absolute Gasteiger partial charge is 0.319 e. The van der Waals surface area contributed by atoms with E-state index >= 15 is 0 Å². The molecule has 0 spiro atoms. The number of rotatable bonds is 6. The Labute approximate surface area is 202 Å². The van der Waals surface area contributed by atoms with Gasteiger partial charge in [0, 0.05) is 31.2 Å². The minimum absolute atomic E-state index is 0.0406. The number of urea groups is 1. The van der Waals surface area contributed by atoms with Crippen LogP contribution in [0.3, 0.4) is 0 Å². The Hall–Kier alpha value is -3.43. The van der Waals surface area contributed by atoms with Crippen molar-refractivity contribution in [2.45, 2.75) is 31.3 Å². The lowest BCUT2D eigenvalue weighted by atomic mass is 10.0. The van der Waals surface area contributed by atoms with Crippen LogP contribution in [0.5, 0.6) is 0 Å². The fourth-order valence-corrected chi connectivity index (χ4v) is 5.13. The number of thiophene rings is 1. The van der Waals surface area contributed by atoms with E-state index in [4.69, 9.17) is 4.42 Å². The van der Waals surface area contributed by atoms with Crippen LogP contribution in [0.25, 0.3) is 0 Å². The zero-order valence-corrected chi connectivity index (χ0v) is 19.5. The van der Waals surface area contributed by atoms with Crippen LogP contribution in [0, 0.1) is 0 Å². The van der Waals surface area contributed by atoms with Gasteiger partial charge >= 0.3 is 6.03 Å². The average Bonchev–Trinajstić information content (AvgIpc) is 3.62. The van der Waals surface area contributed by atoms with Gasteiger partial charge in [-0.1, -0.05) is 24.3 Å². The number of hydrogen-bond donors (Lipinski definition) is 2. The number of carbonyl (C=O) groups is 2. The van der Waals surface area contributed by atoms with Crippen LogP contribution in [0.4, 0.5) is 10.5 Å². The van der Waals surface area contributed by atoms with Gasteiger partial charge in [0.1, 0.15) is 11.8 Å². The van der Waals surface area contributed by atoms with E-state index in [1.54, 1.807) is 22.6 Å². The van der Waals surface area contributed by atoms with E-state index in [1.807, 2.05) is 60.0 Å². The maximum atomic E-state index is 13.3. The van der Waals surface area contributed by atoms with E-state index in [1.165, 1.54) is 0 Å². The molecule has 2 aliphatic rings. The quantitative estimate of drug-likeness (QED) is 0.554. The molecule has 5 rings (SSSR count). The minimum atomic E-state index is -0.222. The van der Waals surface area contributed by atoms with Crippen molar-refractivity contribution in [1.82, 2.24) is 15.2 Å². The molecule has 0 radical (unpaired) electrons. The van der Waals surface area contributed by atoms with Gasteiger partial charge in [-0.25, -0.2) is 9.80 Å². The largest absolute Gasteiger partial charge is 0.467 e. The Kier molecular flexibility index (Phi) is 6.73. The van der Waals surface area contributed by atoms with Gasteiger partial charge in [0.2, 0.25) is 0 Å². The first-order valence-electron chi connectivity index (χ1n) is 11.5. The van der Waals surface area contributed by atoms with Crippen LogP contribution < -0.4 is 10.6 Å². The first-order valence-corrected chi connectivity index (χ1v) is 12.4. The Morgan fingerprint density at radius 3 is 2.59 bits per heavy atom. The van der Waals surface area contributed by atoms with Crippen LogP contribution >= 0.6 is 11.3 Å². The molecule has 0 aliphatic carbocycles. The van der Waals surface area contributed by atoms with Gasteiger partial charge in [0.25, 0.3) is 5.91 Å². The van der Waals surface area contributed by atoms with E-state index in [9.17, 15) is 9.59 Å². The Balaban J connectivity index is 1.15. The van der Waals surface area contributed by atoms with Crippen molar-refractivity contribution in [3.8, 4) is 0 Å². The predicted octanol–water partition coefficient (Wildman–Crippen LogP) is 4.30. The molecular formula is C25H27N5O3S. The van der Waals surface area contributed by atoms with Crippen molar-refractivity contribution in [3.63, 3.8) is 0 Å². The lowest BCUT2D eigenvalue weighted by Gasteiger charge is -2.33. The number of furan rings is 1. The average molecular weight is 478 g/mol. The Bertz CT molecular complexity index is 1120. The first kappa shape index (κ1) is 22.4. The van der Waals surface area contributed by atoms with Crippen molar-refractivity contribution >= 4 is 34.7 Å². The van der Waals surface area contributed by atoms with Crippen LogP contribution in [0.2, 0.25) is 0 Å². The number of nitrogens with one attached hydrogen (secondary N) is 2. The minimum Gasteiger partial charge on any atom is -0.467 e. The summed E-state index contributed by atoms with van der Waals surface area (Å²) in [6.07, 6.45) is 3.86. The zero-order valence-electron chi connectivity index (χ0n) is 18.7. The molecule has 3 amide bonds. The van der Waals surface area contributed by atoms with Crippen LogP contribution in [-0.4, -0.2) is 53.2 Å². The fraction of sp³-hybridized carbons (Fsp3) is 0.320. The van der Waals surface area contributed by atoms with Crippen LogP contribution in [-0.2, 0) is 4.79 Å². The molecule has 1 unspecified atom stereocenters. The highest BCUT2D eigenvalue weighted by atomic mass is 32.1. The number of carbonyl (C=O) groups excluding carboxylic acids is 2. The summed E-state index contributed by atoms with van der Waals surface area (Å²) in [5, 5.41) is 14.2. The maximum Gasteiger partial charge on any atom is 0.319 e. The lowest BCUT2D eigenvalue weighted by molar-refractivity contribution is -0.134. The fourth-order valence-electron chi connectivity index (χ4n) is 4.41. The van der Waals surface area contributed by atoms with Crippen molar-refractivity contribution in [2.75, 3.05) is 25.0 Å². The molecule has 2 aromatic heterocycles. The Morgan fingerprint density at radius 2 is 1.88 bits per heavy atom. The molecule has 1 atom stereocenters. The van der Waals surface area contributed by atoms with Gasteiger partial charge in [-0.2, -0.15) is 5.10 Å². The summed E-state index contributed by atoms with van der Waals surface area (Å²) in [6.45, 7) is 1.77. The van der Waals surface area contributed by atoms with Crippen molar-refractivity contribution in [2.24, 2.45) is 5.10 Å². The van der Waals surface area contributed by atoms with E-state index in [-0.39, 0.29) is 24.0 Å². The molecule has 0 bridgehead atoms. The highest BCUT2D eigenvalue weighted by molar-refractivity contribution is 7.12. The normalized spacial score (nSPS) is 19.1. The molecule has 9 heteroatoms. The summed E-state index contributed by atoms with van der Waals surface area (Å²) in [4.78, 5) is 28.7. The number of hydrogen-bond acceptors (Lipinski definition) is 6. The van der Waals surface area contributed by atoms with Crippen LogP contribution in [0.1, 0.15) is 35.9 Å². The predicted molar refractivity (Wildman–Crippen MR) is 132 cm³/mol. The third-order valence-corrected chi connectivity index (χ3v) is 7.08. The van der Waals surface area contributed by atoms with Gasteiger partial charge in [0.05, 0.1) is 23.4 Å². The summed E-state index contributed by atoms with van der Waals surface area (Å²) in [6, 6.07) is 16.8. The number of anilines is 1. The maximum absolute atomic E-state index is 13.3. The molecule has 3 aromatic rings. The number of para-hydroxylation sites is 1. The van der Waals surface area contributed by atoms with Gasteiger partial charge < -0.3 is 15.1 Å². The van der Waals surface area contributed by atoms with E-state index in [0.29, 0.717) is 13.0 Å². The molecule has 0 saturated carbocycles. The molecule has 2 N–H and O–H groups in total. The molecule has 1 saturated heterocycles. The standard InChI is InChI=1S/C25H27N5O3S/c31-24(30-21(22-8-4-14-33-22)16-20(28-30)23-9-5-15-34-23)17-29-12-10-19(11-13-29)27-25(32)26-18-6-2-1-3-7-18/h1-9,14-15,19,21H,10-13,16-17H2,(H2,26,27,32). The summed E-state index contributed by atoms with van der Waals surface area (Å²) in [7, 11) is 0. The summed E-state index contributed by atoms with van der Waals surface area (Å²) >= 11 is 1.62. The molecule has 8 nitrogen and oxygen atoms in total. The van der Waals surface area contributed by atoms with Crippen molar-refractivity contribution in [1.29, 1.82) is 0 Å². The van der Waals surface area contributed by atoms with Crippen molar-refractivity contribution < 1.29 is 14.0 Å². The molecule has 2 aliphatic heterocycles. The Morgan fingerprint density at radius 1 is 1.06 bits per heavy atom. The highest BCUT2D eigenvalue weighted by Gasteiger charge is 2.36. The van der Waals surface area contributed by atoms with Crippen molar-refractivity contribution in [3.05, 3.63) is 76.9 Å². The SMILES string of the molecule is O=C(Nc1ccccc1)NC1CCN(CC(=O)N2N=C(c3cccs3)CC2c2ccco2)CC1. The van der Waals surface area contributed by atoms with Gasteiger partial charge in [-0.3, -0.25) is 9.69 Å². The first-order chi connectivity index (χ1) is 16.7. The van der Waals surface area contributed by atoms with Gasteiger partial charge in [-0.05, 0) is 48.6 Å².